The van der Waals surface area contributed by atoms with Crippen LogP contribution in [0.5, 0.6) is 5.75 Å². The smallest absolute Gasteiger partial charge is 0.284 e. The molecule has 1 aliphatic heterocycles. The molecule has 0 spiro atoms. The summed E-state index contributed by atoms with van der Waals surface area (Å²) in [5.74, 6) is 0.954. The molecule has 1 aliphatic rings. The molecule has 11 nitrogen and oxygen atoms in total. The predicted molar refractivity (Wildman–Crippen MR) is 150 cm³/mol. The van der Waals surface area contributed by atoms with Crippen molar-refractivity contribution in [1.29, 1.82) is 0 Å². The van der Waals surface area contributed by atoms with Gasteiger partial charge in [0, 0.05) is 55.3 Å². The van der Waals surface area contributed by atoms with Crippen LogP contribution in [-0.2, 0) is 0 Å². The van der Waals surface area contributed by atoms with Gasteiger partial charge in [-0.2, -0.15) is 9.50 Å². The van der Waals surface area contributed by atoms with Crippen molar-refractivity contribution < 1.29 is 5.11 Å². The molecule has 0 atom stereocenters. The highest BCUT2D eigenvalue weighted by Crippen LogP contribution is 2.28. The number of phenolic OH excluding ortho intramolecular Hbond substituents is 1. The molecule has 7 rings (SSSR count). The number of fused-ring (bicyclic) bond motifs is 4. The zero-order valence-corrected chi connectivity index (χ0v) is 21.2. The Bertz CT molecular complexity index is 1890. The summed E-state index contributed by atoms with van der Waals surface area (Å²) < 4.78 is 3.13. The molecule has 0 bridgehead atoms. The third kappa shape index (κ3) is 3.99. The third-order valence-electron chi connectivity index (χ3n) is 7.11. The maximum atomic E-state index is 13.7. The predicted octanol–water partition coefficient (Wildman–Crippen LogP) is 3.18. The van der Waals surface area contributed by atoms with Gasteiger partial charge >= 0.3 is 0 Å². The number of rotatable bonds is 4. The first-order chi connectivity index (χ1) is 19.0. The molecule has 194 valence electrons. The lowest BCUT2D eigenvalue weighted by atomic mass is 10.2. The average Bonchev–Trinajstić information content (AvgIpc) is 3.28. The maximum absolute atomic E-state index is 13.7. The van der Waals surface area contributed by atoms with E-state index in [1.54, 1.807) is 35.1 Å². The number of hydrogen-bond acceptors (Lipinski definition) is 9. The minimum atomic E-state index is -0.334. The number of likely N-dealkylation sites (N-methyl/N-ethyl adjacent to an activating group) is 1. The van der Waals surface area contributed by atoms with Gasteiger partial charge in [0.25, 0.3) is 5.56 Å². The van der Waals surface area contributed by atoms with E-state index in [4.69, 9.17) is 4.98 Å². The van der Waals surface area contributed by atoms with Gasteiger partial charge in [-0.1, -0.05) is 6.07 Å². The van der Waals surface area contributed by atoms with Crippen LogP contribution >= 0.6 is 0 Å². The largest absolute Gasteiger partial charge is 0.508 e. The maximum Gasteiger partial charge on any atom is 0.284 e. The summed E-state index contributed by atoms with van der Waals surface area (Å²) in [4.78, 5) is 36.6. The fourth-order valence-electron chi connectivity index (χ4n) is 5.04. The molecule has 1 fully saturated rings. The lowest BCUT2D eigenvalue weighted by molar-refractivity contribution is 0.313. The number of phenols is 1. The molecule has 5 heterocycles. The monoisotopic (exact) mass is 519 g/mol. The minimum absolute atomic E-state index is 0.0718. The first kappa shape index (κ1) is 23.1. The number of nitrogens with zero attached hydrogens (tertiary/aromatic N) is 8. The van der Waals surface area contributed by atoms with Crippen LogP contribution in [-0.4, -0.2) is 72.4 Å². The molecular formula is C28H25N9O2. The van der Waals surface area contributed by atoms with Crippen molar-refractivity contribution in [2.24, 2.45) is 0 Å². The van der Waals surface area contributed by atoms with Crippen LogP contribution in [0.3, 0.4) is 0 Å². The Morgan fingerprint density at radius 1 is 0.897 bits per heavy atom. The molecule has 0 radical (unpaired) electrons. The Morgan fingerprint density at radius 3 is 2.49 bits per heavy atom. The summed E-state index contributed by atoms with van der Waals surface area (Å²) in [5.41, 5.74) is 2.98. The van der Waals surface area contributed by atoms with E-state index in [-0.39, 0.29) is 22.3 Å². The third-order valence-corrected chi connectivity index (χ3v) is 7.11. The van der Waals surface area contributed by atoms with Crippen molar-refractivity contribution in [1.82, 2.24) is 34.0 Å². The van der Waals surface area contributed by atoms with Crippen molar-refractivity contribution >= 4 is 44.9 Å². The lowest BCUT2D eigenvalue weighted by Crippen LogP contribution is -2.44. The summed E-state index contributed by atoms with van der Waals surface area (Å²) in [7, 11) is 2.14. The van der Waals surface area contributed by atoms with Crippen LogP contribution in [0.25, 0.3) is 33.4 Å². The Hall–Kier alpha value is -5.03. The molecule has 2 N–H and O–H groups in total. The second kappa shape index (κ2) is 9.07. The van der Waals surface area contributed by atoms with Crippen LogP contribution in [0.1, 0.15) is 0 Å². The number of hydrogen-bond donors (Lipinski definition) is 2. The molecule has 11 heteroatoms. The summed E-state index contributed by atoms with van der Waals surface area (Å²) in [6.45, 7) is 4.10. The number of benzene rings is 2. The van der Waals surface area contributed by atoms with Crippen molar-refractivity contribution in [3.63, 3.8) is 0 Å². The van der Waals surface area contributed by atoms with Gasteiger partial charge in [0.1, 0.15) is 11.1 Å². The molecule has 4 aromatic heterocycles. The number of aromatic hydroxyl groups is 1. The van der Waals surface area contributed by atoms with Crippen molar-refractivity contribution in [2.45, 2.75) is 0 Å². The van der Waals surface area contributed by atoms with Gasteiger partial charge in [-0.25, -0.2) is 19.6 Å². The van der Waals surface area contributed by atoms with E-state index < -0.39 is 0 Å². The Balaban J connectivity index is 1.29. The summed E-state index contributed by atoms with van der Waals surface area (Å²) in [6, 6.07) is 18.5. The molecule has 0 saturated carbocycles. The van der Waals surface area contributed by atoms with Gasteiger partial charge in [0.2, 0.25) is 5.95 Å². The molecular weight excluding hydrogens is 494 g/mol. The molecule has 1 saturated heterocycles. The van der Waals surface area contributed by atoms with Crippen molar-refractivity contribution in [3.05, 3.63) is 83.4 Å². The molecule has 6 aromatic rings. The second-order valence-corrected chi connectivity index (χ2v) is 9.65. The van der Waals surface area contributed by atoms with Crippen LogP contribution in [0, 0.1) is 0 Å². The van der Waals surface area contributed by atoms with E-state index >= 15 is 0 Å². The van der Waals surface area contributed by atoms with Crippen LogP contribution in [0.4, 0.5) is 17.3 Å². The standard InChI is InChI=1S/C28H25N9O2/c1-34-12-14-35(15-13-34)19-7-5-18(6-8-19)31-28-30-17-22-25(33-28)32-26-21-16-20(38)9-10-23(21)36(37(26)27(22)39)24-4-2-3-11-29-24/h2-11,16-17,38H,12-15H2,1H3,(H,30,31,33). The van der Waals surface area contributed by atoms with E-state index in [2.05, 4.69) is 49.2 Å². The quantitative estimate of drug-likeness (QED) is 0.362. The number of piperazine rings is 1. The molecule has 0 aliphatic carbocycles. The van der Waals surface area contributed by atoms with Gasteiger partial charge < -0.3 is 20.2 Å². The SMILES string of the molecule is CN1CCN(c2ccc(Nc3ncc4c(=O)n5c(nc4n3)c3cc(O)ccc3n5-c3ccccn3)cc2)CC1. The van der Waals surface area contributed by atoms with Gasteiger partial charge in [0.05, 0.1) is 5.52 Å². The van der Waals surface area contributed by atoms with Crippen LogP contribution < -0.4 is 15.8 Å². The number of pyridine rings is 1. The molecule has 0 amide bonds. The molecule has 39 heavy (non-hydrogen) atoms. The Kier molecular flexibility index (Phi) is 5.37. The fourth-order valence-corrected chi connectivity index (χ4v) is 5.04. The lowest BCUT2D eigenvalue weighted by Gasteiger charge is -2.34. The second-order valence-electron chi connectivity index (χ2n) is 9.65. The summed E-state index contributed by atoms with van der Waals surface area (Å²) >= 11 is 0. The zero-order chi connectivity index (χ0) is 26.5. The first-order valence-electron chi connectivity index (χ1n) is 12.7. The van der Waals surface area contributed by atoms with Gasteiger partial charge in [-0.3, -0.25) is 4.79 Å². The van der Waals surface area contributed by atoms with E-state index in [1.165, 1.54) is 16.4 Å². The first-order valence-corrected chi connectivity index (χ1v) is 12.7. The summed E-state index contributed by atoms with van der Waals surface area (Å²) in [5, 5.41) is 14.3. The minimum Gasteiger partial charge on any atom is -0.508 e. The number of nitrogens with one attached hydrogen (secondary N) is 1. The van der Waals surface area contributed by atoms with E-state index in [9.17, 15) is 9.90 Å². The zero-order valence-electron chi connectivity index (χ0n) is 21.2. The van der Waals surface area contributed by atoms with Gasteiger partial charge in [0.15, 0.2) is 17.1 Å². The summed E-state index contributed by atoms with van der Waals surface area (Å²) in [6.07, 6.45) is 3.15. The Labute approximate surface area is 222 Å². The van der Waals surface area contributed by atoms with Crippen LogP contribution in [0.15, 0.2) is 77.9 Å². The van der Waals surface area contributed by atoms with Gasteiger partial charge in [-0.05, 0) is 61.6 Å². The number of anilines is 3. The molecule has 2 aromatic carbocycles. The topological polar surface area (TPSA) is 117 Å². The highest BCUT2D eigenvalue weighted by atomic mass is 16.3. The average molecular weight is 520 g/mol. The highest BCUT2D eigenvalue weighted by molar-refractivity contribution is 5.96. The van der Waals surface area contributed by atoms with Crippen LogP contribution in [0.2, 0.25) is 0 Å². The van der Waals surface area contributed by atoms with E-state index in [0.717, 1.165) is 31.9 Å². The van der Waals surface area contributed by atoms with E-state index in [1.807, 2.05) is 24.3 Å². The van der Waals surface area contributed by atoms with Crippen molar-refractivity contribution in [3.8, 4) is 11.6 Å². The normalized spacial score (nSPS) is 14.4. The molecule has 0 unspecified atom stereocenters. The fraction of sp³-hybridized carbons (Fsp3) is 0.179. The number of aromatic nitrogens is 6. The Morgan fingerprint density at radius 2 is 1.72 bits per heavy atom. The highest BCUT2D eigenvalue weighted by Gasteiger charge is 2.19. The van der Waals surface area contributed by atoms with Crippen molar-refractivity contribution in [2.75, 3.05) is 43.4 Å². The van der Waals surface area contributed by atoms with E-state index in [0.29, 0.717) is 28.3 Å². The van der Waals surface area contributed by atoms with Gasteiger partial charge in [-0.15, -0.1) is 0 Å².